The van der Waals surface area contributed by atoms with Crippen LogP contribution in [0.15, 0.2) is 48.7 Å². The SMILES string of the molecule is CC1(C)OC(=O)C([n+]2ccc3ccccc3c2)=C([O-])O1. The van der Waals surface area contributed by atoms with Crippen LogP contribution in [-0.4, -0.2) is 11.8 Å². The van der Waals surface area contributed by atoms with Crippen LogP contribution < -0.4 is 9.67 Å². The van der Waals surface area contributed by atoms with Crippen LogP contribution in [0.4, 0.5) is 0 Å². The van der Waals surface area contributed by atoms with Crippen LogP contribution >= 0.6 is 0 Å². The van der Waals surface area contributed by atoms with Gasteiger partial charge in [-0.15, -0.1) is 0 Å². The highest BCUT2D eigenvalue weighted by atomic mass is 16.8. The Morgan fingerprint density at radius 1 is 1.10 bits per heavy atom. The van der Waals surface area contributed by atoms with Crippen LogP contribution in [0.25, 0.3) is 16.5 Å². The van der Waals surface area contributed by atoms with E-state index in [1.807, 2.05) is 30.3 Å². The van der Waals surface area contributed by atoms with Crippen molar-refractivity contribution >= 4 is 22.4 Å². The van der Waals surface area contributed by atoms with Gasteiger partial charge >= 0.3 is 11.7 Å². The van der Waals surface area contributed by atoms with E-state index in [4.69, 9.17) is 9.47 Å². The molecule has 0 spiro atoms. The first-order valence-electron chi connectivity index (χ1n) is 6.20. The molecule has 0 radical (unpaired) electrons. The topological polar surface area (TPSA) is 62.5 Å². The summed E-state index contributed by atoms with van der Waals surface area (Å²) in [5.74, 6) is -2.60. The van der Waals surface area contributed by atoms with E-state index in [0.717, 1.165) is 10.8 Å². The van der Waals surface area contributed by atoms with E-state index >= 15 is 0 Å². The molecule has 0 bridgehead atoms. The average molecular weight is 271 g/mol. The molecule has 102 valence electrons. The minimum atomic E-state index is -1.23. The zero-order valence-corrected chi connectivity index (χ0v) is 11.1. The molecule has 1 aliphatic rings. The van der Waals surface area contributed by atoms with Gasteiger partial charge in [0.2, 0.25) is 0 Å². The molecule has 0 amide bonds. The number of hydrogen-bond donors (Lipinski definition) is 0. The van der Waals surface area contributed by atoms with Crippen LogP contribution in [-0.2, 0) is 14.3 Å². The van der Waals surface area contributed by atoms with E-state index in [0.29, 0.717) is 0 Å². The highest BCUT2D eigenvalue weighted by Gasteiger charge is 2.35. The van der Waals surface area contributed by atoms with Crippen LogP contribution in [0.5, 0.6) is 0 Å². The summed E-state index contributed by atoms with van der Waals surface area (Å²) in [6, 6.07) is 9.48. The Hall–Kier alpha value is -2.56. The van der Waals surface area contributed by atoms with Crippen molar-refractivity contribution in [3.05, 3.63) is 48.7 Å². The summed E-state index contributed by atoms with van der Waals surface area (Å²) in [5, 5.41) is 13.9. The van der Waals surface area contributed by atoms with Crippen molar-refractivity contribution < 1.29 is 23.9 Å². The number of aromatic nitrogens is 1. The molecular weight excluding hydrogens is 258 g/mol. The van der Waals surface area contributed by atoms with Crippen molar-refractivity contribution in [1.29, 1.82) is 0 Å². The molecule has 5 nitrogen and oxygen atoms in total. The minimum Gasteiger partial charge on any atom is -0.570 e. The molecular formula is C15H13NO4. The molecule has 0 saturated carbocycles. The lowest BCUT2D eigenvalue weighted by Crippen LogP contribution is -2.48. The molecule has 20 heavy (non-hydrogen) atoms. The molecule has 0 aliphatic carbocycles. The van der Waals surface area contributed by atoms with E-state index < -0.39 is 17.7 Å². The fraction of sp³-hybridized carbons (Fsp3) is 0.200. The zero-order valence-electron chi connectivity index (χ0n) is 11.1. The van der Waals surface area contributed by atoms with Crippen LogP contribution in [0, 0.1) is 0 Å². The number of carbonyl (C=O) groups is 1. The Balaban J connectivity index is 2.12. The molecule has 0 fully saturated rings. The summed E-state index contributed by atoms with van der Waals surface area (Å²) < 4.78 is 11.6. The molecule has 0 saturated heterocycles. The van der Waals surface area contributed by atoms with Crippen molar-refractivity contribution in [2.45, 2.75) is 19.6 Å². The lowest BCUT2D eigenvalue weighted by molar-refractivity contribution is -0.588. The lowest BCUT2D eigenvalue weighted by atomic mass is 10.2. The molecule has 0 N–H and O–H groups in total. The highest BCUT2D eigenvalue weighted by molar-refractivity contribution is 6.06. The summed E-state index contributed by atoms with van der Waals surface area (Å²) >= 11 is 0. The van der Waals surface area contributed by atoms with Crippen molar-refractivity contribution in [3.8, 4) is 0 Å². The summed E-state index contributed by atoms with van der Waals surface area (Å²) in [7, 11) is 0. The average Bonchev–Trinajstić information content (AvgIpc) is 2.36. The third-order valence-corrected chi connectivity index (χ3v) is 3.01. The first-order valence-corrected chi connectivity index (χ1v) is 6.20. The number of carbonyl (C=O) groups excluding carboxylic acids is 1. The minimum absolute atomic E-state index is 0.143. The summed E-state index contributed by atoms with van der Waals surface area (Å²) in [6.07, 6.45) is 3.34. The maximum Gasteiger partial charge on any atom is 0.407 e. The van der Waals surface area contributed by atoms with Gasteiger partial charge in [-0.25, -0.2) is 4.79 Å². The van der Waals surface area contributed by atoms with Crippen LogP contribution in [0.3, 0.4) is 0 Å². The van der Waals surface area contributed by atoms with Gasteiger partial charge in [0.05, 0.1) is 0 Å². The molecule has 1 aromatic heterocycles. The fourth-order valence-electron chi connectivity index (χ4n) is 2.13. The maximum atomic E-state index is 12.0. The number of ether oxygens (including phenoxy) is 2. The normalized spacial score (nSPS) is 17.8. The van der Waals surface area contributed by atoms with E-state index in [9.17, 15) is 9.90 Å². The first kappa shape index (κ1) is 12.5. The van der Waals surface area contributed by atoms with Gasteiger partial charge < -0.3 is 14.6 Å². The quantitative estimate of drug-likeness (QED) is 0.571. The third kappa shape index (κ3) is 2.07. The number of pyridine rings is 1. The summed E-state index contributed by atoms with van der Waals surface area (Å²) in [5.41, 5.74) is -0.143. The number of hydrogen-bond acceptors (Lipinski definition) is 4. The Labute approximate surface area is 115 Å². The van der Waals surface area contributed by atoms with Crippen molar-refractivity contribution in [2.75, 3.05) is 0 Å². The van der Waals surface area contributed by atoms with E-state index in [-0.39, 0.29) is 5.70 Å². The van der Waals surface area contributed by atoms with E-state index in [1.165, 1.54) is 18.4 Å². The van der Waals surface area contributed by atoms with Gasteiger partial charge in [-0.2, -0.15) is 4.57 Å². The molecule has 1 aliphatic heterocycles. The van der Waals surface area contributed by atoms with Gasteiger partial charge in [0.1, 0.15) is 5.95 Å². The second-order valence-corrected chi connectivity index (χ2v) is 5.01. The summed E-state index contributed by atoms with van der Waals surface area (Å²) in [4.78, 5) is 12.0. The monoisotopic (exact) mass is 271 g/mol. The van der Waals surface area contributed by atoms with Gasteiger partial charge in [-0.05, 0) is 25.3 Å². The molecule has 0 atom stereocenters. The number of benzene rings is 1. The van der Waals surface area contributed by atoms with E-state index in [2.05, 4.69) is 0 Å². The molecule has 1 aromatic carbocycles. The van der Waals surface area contributed by atoms with Crippen molar-refractivity contribution in [1.82, 2.24) is 0 Å². The number of cyclic esters (lactones) is 1. The van der Waals surface area contributed by atoms with E-state index in [1.54, 1.807) is 12.4 Å². The molecule has 5 heteroatoms. The molecule has 0 unspecified atom stereocenters. The van der Waals surface area contributed by atoms with Gasteiger partial charge in [0.15, 0.2) is 18.2 Å². The van der Waals surface area contributed by atoms with Gasteiger partial charge in [0, 0.05) is 11.5 Å². The van der Waals surface area contributed by atoms with Crippen LogP contribution in [0.1, 0.15) is 13.8 Å². The van der Waals surface area contributed by atoms with Crippen molar-refractivity contribution in [3.63, 3.8) is 0 Å². The first-order chi connectivity index (χ1) is 9.46. The number of nitrogens with zero attached hydrogens (tertiary/aromatic N) is 1. The highest BCUT2D eigenvalue weighted by Crippen LogP contribution is 2.24. The molecule has 2 aromatic rings. The van der Waals surface area contributed by atoms with Crippen molar-refractivity contribution in [2.24, 2.45) is 0 Å². The Bertz CT molecular complexity index is 733. The molecule has 3 rings (SSSR count). The number of esters is 1. The van der Waals surface area contributed by atoms with Gasteiger partial charge in [-0.1, -0.05) is 18.2 Å². The Morgan fingerprint density at radius 2 is 1.80 bits per heavy atom. The second-order valence-electron chi connectivity index (χ2n) is 5.01. The van der Waals surface area contributed by atoms with Crippen LogP contribution in [0.2, 0.25) is 0 Å². The largest absolute Gasteiger partial charge is 0.570 e. The Morgan fingerprint density at radius 3 is 2.50 bits per heavy atom. The number of fused-ring (bicyclic) bond motifs is 1. The number of rotatable bonds is 1. The second kappa shape index (κ2) is 4.23. The summed E-state index contributed by atoms with van der Waals surface area (Å²) in [6.45, 7) is 3.04. The Kier molecular flexibility index (Phi) is 2.64. The predicted octanol–water partition coefficient (Wildman–Crippen LogP) is 0.923. The smallest absolute Gasteiger partial charge is 0.407 e. The predicted molar refractivity (Wildman–Crippen MR) is 68.6 cm³/mol. The van der Waals surface area contributed by atoms with Gasteiger partial charge in [0.25, 0.3) is 0 Å². The van der Waals surface area contributed by atoms with Gasteiger partial charge in [-0.3, -0.25) is 0 Å². The zero-order chi connectivity index (χ0) is 14.3. The maximum absolute atomic E-state index is 12.0. The lowest BCUT2D eigenvalue weighted by Gasteiger charge is -2.36. The standard InChI is InChI=1S/C15H13NO4/c1-15(2)19-13(17)12(14(18)20-15)16-8-7-10-5-3-4-6-11(10)9-16/h3-9H,1-2H3. The fourth-order valence-corrected chi connectivity index (χ4v) is 2.13. The third-order valence-electron chi connectivity index (χ3n) is 3.01. The molecule has 2 heterocycles.